The van der Waals surface area contributed by atoms with Crippen molar-refractivity contribution in [3.05, 3.63) is 107 Å². The van der Waals surface area contributed by atoms with Crippen LogP contribution in [0.25, 0.3) is 11.1 Å². The van der Waals surface area contributed by atoms with Gasteiger partial charge in [0.2, 0.25) is 23.6 Å². The number of amides is 6. The van der Waals surface area contributed by atoms with E-state index < -0.39 is 12.0 Å². The number of ketones is 1. The van der Waals surface area contributed by atoms with E-state index in [0.29, 0.717) is 96.3 Å². The second kappa shape index (κ2) is 27.6. The van der Waals surface area contributed by atoms with Gasteiger partial charge >= 0.3 is 0 Å². The Bertz CT molecular complexity index is 3440. The molecule has 2 unspecified atom stereocenters. The number of rotatable bonds is 25. The first-order valence-electron chi connectivity index (χ1n) is 30.8. The summed E-state index contributed by atoms with van der Waals surface area (Å²) in [6.07, 6.45) is 11.2. The standard InChI is InChI=1S/C68H81N9O11/c1-41(2)52-34-63(80)75(66(52)82)22-11-9-10-13-62(79)72-64(42(3)4)57(78)29-43(5)65(81)71-48-18-14-44(15-19-48)46-30-50-37-69-55-35-60(58(85-7)32-53(55)67(83)76(50)39-46)87-27-12-28-88-61-36-56-54(33-59(61)86-8)68(84)77-40-47(31-51(77)38-70-56)45-16-20-49(21-17-45)74-25-23-73(6)24-26-74/h14-21,32-33,35-43,50-52,64H,9-13,22-31,34H2,1-8H3,(H,71,81)(H,72,79)/t43-,50+,51+,52?,64?/m1/s1. The van der Waals surface area contributed by atoms with E-state index in [4.69, 9.17) is 28.9 Å². The Morgan fingerprint density at radius 3 is 1.70 bits per heavy atom. The quantitative estimate of drug-likeness (QED) is 0.0467. The molecule has 464 valence electrons. The number of hydrogen-bond acceptors (Lipinski definition) is 15. The lowest BCUT2D eigenvalue weighted by Crippen LogP contribution is -2.45. The number of unbranched alkanes of at least 4 members (excludes halogenated alkanes) is 2. The number of ether oxygens (including phenoxy) is 4. The SMILES string of the molecule is COc1cc2c(cc1OCCCOc1cc3c(cc1OC)C(=O)N1C=C(c4ccc(N5CCN(C)CC5)cc4)C[C@H]1C=N3)N=C[C@@H]1CC(c3ccc(NC(=O)[C@H](C)CC(=O)C(NC(=O)CCCCCN4C(=O)CC(C(C)C)C4=O)C(C)C)cc3)=CN1C2=O. The van der Waals surface area contributed by atoms with E-state index in [1.165, 1.54) is 17.7 Å². The molecule has 2 N–H and O–H groups in total. The minimum Gasteiger partial charge on any atom is -0.493 e. The van der Waals surface area contributed by atoms with Crippen LogP contribution in [0.2, 0.25) is 0 Å². The summed E-state index contributed by atoms with van der Waals surface area (Å²) in [4.78, 5) is 112. The summed E-state index contributed by atoms with van der Waals surface area (Å²) in [6, 6.07) is 21.4. The number of piperazine rings is 1. The molecular weight excluding hydrogens is 1120 g/mol. The van der Waals surface area contributed by atoms with Crippen LogP contribution in [0.15, 0.2) is 95.2 Å². The van der Waals surface area contributed by atoms with Gasteiger partial charge < -0.3 is 49.2 Å². The fraction of sp³-hybridized carbons (Fsp3) is 0.456. The molecule has 6 heterocycles. The molecule has 20 nitrogen and oxygen atoms in total. The molecule has 4 aromatic rings. The fourth-order valence-corrected chi connectivity index (χ4v) is 12.1. The number of imide groups is 1. The Morgan fingerprint density at radius 1 is 0.648 bits per heavy atom. The van der Waals surface area contributed by atoms with Gasteiger partial charge in [-0.1, -0.05) is 65.3 Å². The average molecular weight is 1200 g/mol. The summed E-state index contributed by atoms with van der Waals surface area (Å²) in [5.74, 6) is -0.854. The van der Waals surface area contributed by atoms with Crippen molar-refractivity contribution in [3.63, 3.8) is 0 Å². The topological polar surface area (TPSA) is 221 Å². The van der Waals surface area contributed by atoms with Crippen molar-refractivity contribution in [1.29, 1.82) is 0 Å². The van der Waals surface area contributed by atoms with Crippen molar-refractivity contribution < 1.29 is 52.5 Å². The molecule has 0 bridgehead atoms. The van der Waals surface area contributed by atoms with Crippen LogP contribution in [0.1, 0.15) is 124 Å². The van der Waals surface area contributed by atoms with Crippen molar-refractivity contribution >= 4 is 87.6 Å². The van der Waals surface area contributed by atoms with Crippen LogP contribution in [-0.4, -0.2) is 159 Å². The van der Waals surface area contributed by atoms with Crippen LogP contribution in [0, 0.1) is 23.7 Å². The normalized spacial score (nSPS) is 19.6. The van der Waals surface area contributed by atoms with Crippen LogP contribution in [0.5, 0.6) is 23.0 Å². The zero-order valence-corrected chi connectivity index (χ0v) is 51.7. The number of anilines is 2. The number of aliphatic imine (C=N–C) groups is 2. The van der Waals surface area contributed by atoms with Gasteiger partial charge in [-0.25, -0.2) is 0 Å². The fourth-order valence-electron chi connectivity index (χ4n) is 12.1. The van der Waals surface area contributed by atoms with E-state index in [1.54, 1.807) is 66.4 Å². The number of likely N-dealkylation sites (tertiary alicyclic amines) is 1. The maximum Gasteiger partial charge on any atom is 0.260 e. The predicted molar refractivity (Wildman–Crippen MR) is 338 cm³/mol. The molecular formula is C68H81N9O11. The smallest absolute Gasteiger partial charge is 0.260 e. The molecule has 6 aliphatic rings. The Labute approximate surface area is 515 Å². The lowest BCUT2D eigenvalue weighted by molar-refractivity contribution is -0.140. The van der Waals surface area contributed by atoms with Crippen molar-refractivity contribution in [3.8, 4) is 23.0 Å². The second-order valence-electron chi connectivity index (χ2n) is 24.4. The minimum atomic E-state index is -0.757. The zero-order chi connectivity index (χ0) is 62.3. The van der Waals surface area contributed by atoms with E-state index in [9.17, 15) is 33.6 Å². The Morgan fingerprint density at radius 2 is 1.19 bits per heavy atom. The number of Topliss-reactive ketones (excluding diaryl/α,β-unsaturated/α-hetero) is 1. The third-order valence-corrected chi connectivity index (χ3v) is 17.5. The summed E-state index contributed by atoms with van der Waals surface area (Å²) in [6.45, 7) is 14.2. The van der Waals surface area contributed by atoms with Gasteiger partial charge in [0.1, 0.15) is 0 Å². The Hall–Kier alpha value is -8.65. The minimum absolute atomic E-state index is 0.0639. The number of benzene rings is 4. The average Bonchev–Trinajstić information content (AvgIpc) is 4.37. The van der Waals surface area contributed by atoms with E-state index in [2.05, 4.69) is 51.7 Å². The number of carbonyl (C=O) groups is 7. The first-order valence-corrected chi connectivity index (χ1v) is 30.8. The molecule has 0 aromatic heterocycles. The molecule has 6 amide bonds. The monoisotopic (exact) mass is 1200 g/mol. The van der Waals surface area contributed by atoms with Gasteiger partial charge in [0.15, 0.2) is 28.8 Å². The first kappa shape index (κ1) is 62.4. The molecule has 5 atom stereocenters. The zero-order valence-electron chi connectivity index (χ0n) is 51.7. The highest BCUT2D eigenvalue weighted by atomic mass is 16.5. The van der Waals surface area contributed by atoms with Crippen LogP contribution in [0.3, 0.4) is 0 Å². The number of fused-ring (bicyclic) bond motifs is 4. The maximum atomic E-state index is 14.2. The highest BCUT2D eigenvalue weighted by Crippen LogP contribution is 2.42. The molecule has 0 radical (unpaired) electrons. The van der Waals surface area contributed by atoms with E-state index in [0.717, 1.165) is 48.5 Å². The van der Waals surface area contributed by atoms with Gasteiger partial charge in [0.25, 0.3) is 11.8 Å². The van der Waals surface area contributed by atoms with E-state index in [-0.39, 0.29) is 104 Å². The Balaban J connectivity index is 0.674. The van der Waals surface area contributed by atoms with E-state index in [1.807, 2.05) is 58.4 Å². The highest BCUT2D eigenvalue weighted by Gasteiger charge is 2.40. The number of likely N-dealkylation sites (N-methyl/N-ethyl adjacent to an activating group) is 1. The first-order chi connectivity index (χ1) is 42.4. The van der Waals surface area contributed by atoms with Gasteiger partial charge in [0, 0.05) is 131 Å². The number of carbonyl (C=O) groups excluding carboxylic acids is 7. The number of methoxy groups -OCH3 is 2. The maximum absolute atomic E-state index is 14.2. The predicted octanol–water partition coefficient (Wildman–Crippen LogP) is 9.51. The van der Waals surface area contributed by atoms with Gasteiger partial charge in [-0.2, -0.15) is 0 Å². The summed E-state index contributed by atoms with van der Waals surface area (Å²) in [5.41, 5.74) is 7.43. The van der Waals surface area contributed by atoms with Crippen molar-refractivity contribution in [2.24, 2.45) is 33.7 Å². The van der Waals surface area contributed by atoms with Crippen LogP contribution in [0.4, 0.5) is 22.7 Å². The molecule has 10 rings (SSSR count). The van der Waals surface area contributed by atoms with Crippen LogP contribution < -0.4 is 34.5 Å². The summed E-state index contributed by atoms with van der Waals surface area (Å²) >= 11 is 0. The van der Waals surface area contributed by atoms with Crippen molar-refractivity contribution in [2.45, 2.75) is 111 Å². The van der Waals surface area contributed by atoms with Crippen LogP contribution >= 0.6 is 0 Å². The van der Waals surface area contributed by atoms with Crippen LogP contribution in [-0.2, 0) is 24.0 Å². The van der Waals surface area contributed by atoms with Gasteiger partial charge in [-0.05, 0) is 90.4 Å². The second-order valence-corrected chi connectivity index (χ2v) is 24.4. The lowest BCUT2D eigenvalue weighted by Gasteiger charge is -2.34. The molecule has 0 spiro atoms. The molecule has 0 aliphatic carbocycles. The van der Waals surface area contributed by atoms with Gasteiger partial charge in [-0.3, -0.25) is 48.4 Å². The van der Waals surface area contributed by atoms with Crippen molar-refractivity contribution in [2.75, 3.05) is 77.4 Å². The summed E-state index contributed by atoms with van der Waals surface area (Å²) in [5, 5.41) is 5.79. The number of nitrogens with zero attached hydrogens (tertiary/aromatic N) is 7. The van der Waals surface area contributed by atoms with Gasteiger partial charge in [0.05, 0.1) is 68.1 Å². The third kappa shape index (κ3) is 14.0. The molecule has 6 aliphatic heterocycles. The van der Waals surface area contributed by atoms with Gasteiger partial charge in [-0.15, -0.1) is 0 Å². The molecule has 20 heteroatoms. The largest absolute Gasteiger partial charge is 0.493 e. The lowest BCUT2D eigenvalue weighted by atomic mass is 9.92. The molecule has 4 aromatic carbocycles. The van der Waals surface area contributed by atoms with E-state index >= 15 is 0 Å². The highest BCUT2D eigenvalue weighted by molar-refractivity contribution is 6.07. The molecule has 88 heavy (non-hydrogen) atoms. The third-order valence-electron chi connectivity index (χ3n) is 17.5. The molecule has 0 saturated carbocycles. The molecule has 2 saturated heterocycles. The number of nitrogens with one attached hydrogen (secondary N) is 2. The van der Waals surface area contributed by atoms with Crippen molar-refractivity contribution in [1.82, 2.24) is 24.9 Å². The number of hydrogen-bond donors (Lipinski definition) is 2. The summed E-state index contributed by atoms with van der Waals surface area (Å²) in [7, 11) is 5.21. The summed E-state index contributed by atoms with van der Waals surface area (Å²) < 4.78 is 23.9. The Kier molecular flexibility index (Phi) is 19.6. The molecule has 2 fully saturated rings.